The van der Waals surface area contributed by atoms with Crippen LogP contribution in [0.4, 0.5) is 10.7 Å². The Morgan fingerprint density at radius 1 is 0.971 bits per heavy atom. The number of aliphatic hydroxyl groups excluding tert-OH is 1. The van der Waals surface area contributed by atoms with Gasteiger partial charge in [-0.05, 0) is 37.1 Å². The molecule has 9 heteroatoms. The molecule has 0 aliphatic carbocycles. The number of hydrogen-bond donors (Lipinski definition) is 3. The molecule has 3 aromatic rings. The number of hydrogen-bond acceptors (Lipinski definition) is 8. The Labute approximate surface area is 201 Å². The zero-order valence-electron chi connectivity index (χ0n) is 18.9. The highest BCUT2D eigenvalue weighted by Gasteiger charge is 2.24. The van der Waals surface area contributed by atoms with Crippen LogP contribution in [0.15, 0.2) is 54.6 Å². The zero-order valence-corrected chi connectivity index (χ0v) is 19.7. The molecule has 0 saturated heterocycles. The Kier molecular flexibility index (Phi) is 8.78. The fraction of sp³-hybridized carbons (Fsp3) is 0.240. The summed E-state index contributed by atoms with van der Waals surface area (Å²) in [6.07, 6.45) is 0. The molecular formula is C25H26N2O6S. The first-order valence-corrected chi connectivity index (χ1v) is 11.5. The van der Waals surface area contributed by atoms with Crippen molar-refractivity contribution < 1.29 is 29.0 Å². The van der Waals surface area contributed by atoms with Crippen molar-refractivity contribution in [2.24, 2.45) is 0 Å². The van der Waals surface area contributed by atoms with E-state index in [1.807, 2.05) is 30.3 Å². The maximum atomic E-state index is 12.6. The van der Waals surface area contributed by atoms with Gasteiger partial charge in [0.05, 0.1) is 24.3 Å². The van der Waals surface area contributed by atoms with E-state index in [-0.39, 0.29) is 30.9 Å². The number of benzene rings is 2. The lowest BCUT2D eigenvalue weighted by Gasteiger charge is -2.11. The number of anilines is 2. The first kappa shape index (κ1) is 24.9. The molecule has 0 bridgehead atoms. The van der Waals surface area contributed by atoms with Crippen LogP contribution in [0.25, 0.3) is 10.4 Å². The normalized spacial score (nSPS) is 10.4. The SMILES string of the molecule is CCOC(=O)c1c(NC(=O)COC(=O)c2ccccc2NCCO)sc(-c2ccccc2)c1C. The number of para-hydroxylation sites is 1. The lowest BCUT2D eigenvalue weighted by Crippen LogP contribution is -2.22. The van der Waals surface area contributed by atoms with Gasteiger partial charge in [-0.3, -0.25) is 4.79 Å². The summed E-state index contributed by atoms with van der Waals surface area (Å²) >= 11 is 1.26. The number of rotatable bonds is 10. The van der Waals surface area contributed by atoms with E-state index in [4.69, 9.17) is 14.6 Å². The minimum Gasteiger partial charge on any atom is -0.462 e. The number of amides is 1. The van der Waals surface area contributed by atoms with E-state index < -0.39 is 24.5 Å². The van der Waals surface area contributed by atoms with Crippen LogP contribution in [0.3, 0.4) is 0 Å². The van der Waals surface area contributed by atoms with Gasteiger partial charge in [-0.1, -0.05) is 42.5 Å². The highest BCUT2D eigenvalue weighted by molar-refractivity contribution is 7.20. The standard InChI is InChI=1S/C25H26N2O6S/c1-3-32-25(31)21-16(2)22(17-9-5-4-6-10-17)34-23(21)27-20(29)15-33-24(30)18-11-7-8-12-19(18)26-13-14-28/h4-12,26,28H,3,13-15H2,1-2H3,(H,27,29). The Morgan fingerprint density at radius 3 is 2.38 bits per heavy atom. The second-order valence-electron chi connectivity index (χ2n) is 7.17. The molecule has 178 valence electrons. The third-order valence-corrected chi connectivity index (χ3v) is 6.08. The summed E-state index contributed by atoms with van der Waals surface area (Å²) in [5.41, 5.74) is 2.63. The van der Waals surface area contributed by atoms with Gasteiger partial charge < -0.3 is 25.2 Å². The largest absolute Gasteiger partial charge is 0.462 e. The quantitative estimate of drug-likeness (QED) is 0.373. The van der Waals surface area contributed by atoms with Crippen LogP contribution in [0.1, 0.15) is 33.2 Å². The van der Waals surface area contributed by atoms with Crippen LogP contribution in [0.5, 0.6) is 0 Å². The number of carbonyl (C=O) groups excluding carboxylic acids is 3. The van der Waals surface area contributed by atoms with Gasteiger partial charge in [-0.25, -0.2) is 9.59 Å². The minimum atomic E-state index is -0.686. The van der Waals surface area contributed by atoms with Gasteiger partial charge >= 0.3 is 11.9 Å². The molecule has 0 radical (unpaired) electrons. The van der Waals surface area contributed by atoms with E-state index in [0.717, 1.165) is 10.4 Å². The average molecular weight is 483 g/mol. The molecule has 0 aliphatic rings. The average Bonchev–Trinajstić information content (AvgIpc) is 3.17. The number of aliphatic hydroxyl groups is 1. The van der Waals surface area contributed by atoms with E-state index in [9.17, 15) is 14.4 Å². The van der Waals surface area contributed by atoms with Gasteiger partial charge in [0.2, 0.25) is 0 Å². The molecule has 3 N–H and O–H groups in total. The molecule has 0 spiro atoms. The molecular weight excluding hydrogens is 456 g/mol. The second kappa shape index (κ2) is 12.0. The highest BCUT2D eigenvalue weighted by atomic mass is 32.1. The van der Waals surface area contributed by atoms with Crippen molar-refractivity contribution in [1.29, 1.82) is 0 Å². The molecule has 1 heterocycles. The van der Waals surface area contributed by atoms with Crippen molar-refractivity contribution in [2.75, 3.05) is 37.0 Å². The smallest absolute Gasteiger partial charge is 0.341 e. The molecule has 0 saturated carbocycles. The van der Waals surface area contributed by atoms with E-state index >= 15 is 0 Å². The Morgan fingerprint density at radius 2 is 1.68 bits per heavy atom. The monoisotopic (exact) mass is 482 g/mol. The number of esters is 2. The Bertz CT molecular complexity index is 1160. The van der Waals surface area contributed by atoms with Crippen LogP contribution < -0.4 is 10.6 Å². The maximum Gasteiger partial charge on any atom is 0.341 e. The van der Waals surface area contributed by atoms with Crippen molar-refractivity contribution in [3.8, 4) is 10.4 Å². The van der Waals surface area contributed by atoms with Crippen LogP contribution in [0, 0.1) is 6.92 Å². The first-order chi connectivity index (χ1) is 16.5. The molecule has 1 amide bonds. The molecule has 0 fully saturated rings. The molecule has 34 heavy (non-hydrogen) atoms. The maximum absolute atomic E-state index is 12.6. The van der Waals surface area contributed by atoms with Crippen molar-refractivity contribution in [3.05, 3.63) is 71.3 Å². The van der Waals surface area contributed by atoms with Gasteiger partial charge in [-0.15, -0.1) is 11.3 Å². The van der Waals surface area contributed by atoms with Gasteiger partial charge in [-0.2, -0.15) is 0 Å². The molecule has 8 nitrogen and oxygen atoms in total. The summed E-state index contributed by atoms with van der Waals surface area (Å²) in [4.78, 5) is 38.6. The van der Waals surface area contributed by atoms with Crippen LogP contribution >= 0.6 is 11.3 Å². The third-order valence-electron chi connectivity index (χ3n) is 4.82. The van der Waals surface area contributed by atoms with Crippen LogP contribution in [-0.4, -0.2) is 49.3 Å². The predicted molar refractivity (Wildman–Crippen MR) is 131 cm³/mol. The van der Waals surface area contributed by atoms with Crippen molar-refractivity contribution in [3.63, 3.8) is 0 Å². The number of ether oxygens (including phenoxy) is 2. The molecule has 0 aliphatic heterocycles. The number of carbonyl (C=O) groups is 3. The Hall–Kier alpha value is -3.69. The highest BCUT2D eigenvalue weighted by Crippen LogP contribution is 2.40. The van der Waals surface area contributed by atoms with Crippen molar-refractivity contribution >= 4 is 39.9 Å². The van der Waals surface area contributed by atoms with E-state index in [0.29, 0.717) is 16.3 Å². The summed E-state index contributed by atoms with van der Waals surface area (Å²) in [7, 11) is 0. The van der Waals surface area contributed by atoms with E-state index in [1.54, 1.807) is 38.1 Å². The van der Waals surface area contributed by atoms with E-state index in [1.165, 1.54) is 11.3 Å². The fourth-order valence-electron chi connectivity index (χ4n) is 3.29. The number of nitrogens with one attached hydrogen (secondary N) is 2. The van der Waals surface area contributed by atoms with Crippen LogP contribution in [-0.2, 0) is 14.3 Å². The van der Waals surface area contributed by atoms with E-state index in [2.05, 4.69) is 10.6 Å². The topological polar surface area (TPSA) is 114 Å². The Balaban J connectivity index is 1.75. The summed E-state index contributed by atoms with van der Waals surface area (Å²) in [6, 6.07) is 16.2. The lowest BCUT2D eigenvalue weighted by atomic mass is 10.1. The molecule has 3 rings (SSSR count). The first-order valence-electron chi connectivity index (χ1n) is 10.7. The summed E-state index contributed by atoms with van der Waals surface area (Å²) in [5.74, 6) is -1.80. The summed E-state index contributed by atoms with van der Waals surface area (Å²) in [5, 5.41) is 14.9. The number of thiophene rings is 1. The van der Waals surface area contributed by atoms with Gasteiger partial charge in [0.25, 0.3) is 5.91 Å². The third kappa shape index (κ3) is 6.00. The fourth-order valence-corrected chi connectivity index (χ4v) is 4.51. The predicted octanol–water partition coefficient (Wildman–Crippen LogP) is 4.10. The molecule has 0 unspecified atom stereocenters. The van der Waals surface area contributed by atoms with Gasteiger partial charge in [0.15, 0.2) is 6.61 Å². The summed E-state index contributed by atoms with van der Waals surface area (Å²) in [6.45, 7) is 3.35. The molecule has 1 aromatic heterocycles. The zero-order chi connectivity index (χ0) is 24.5. The van der Waals surface area contributed by atoms with Crippen molar-refractivity contribution in [1.82, 2.24) is 0 Å². The minimum absolute atomic E-state index is 0.0974. The molecule has 0 atom stereocenters. The second-order valence-corrected chi connectivity index (χ2v) is 8.19. The van der Waals surface area contributed by atoms with Gasteiger partial charge in [0, 0.05) is 17.1 Å². The van der Waals surface area contributed by atoms with Crippen LogP contribution in [0.2, 0.25) is 0 Å². The lowest BCUT2D eigenvalue weighted by molar-refractivity contribution is -0.119. The van der Waals surface area contributed by atoms with Crippen molar-refractivity contribution in [2.45, 2.75) is 13.8 Å². The van der Waals surface area contributed by atoms with Gasteiger partial charge in [0.1, 0.15) is 5.00 Å². The summed E-state index contributed by atoms with van der Waals surface area (Å²) < 4.78 is 10.4. The molecule has 2 aromatic carbocycles.